The lowest BCUT2D eigenvalue weighted by molar-refractivity contribution is 0.451. The lowest BCUT2D eigenvalue weighted by atomic mass is 10.0. The molecule has 142 valence electrons. The van der Waals surface area contributed by atoms with Crippen LogP contribution in [-0.4, -0.2) is 34.9 Å². The van der Waals surface area contributed by atoms with Gasteiger partial charge in [0, 0.05) is 31.9 Å². The summed E-state index contributed by atoms with van der Waals surface area (Å²) in [5.74, 6) is 1.93. The molecule has 2 aliphatic rings. The molecule has 2 N–H and O–H groups in total. The van der Waals surface area contributed by atoms with Gasteiger partial charge in [-0.25, -0.2) is 0 Å². The van der Waals surface area contributed by atoms with Crippen molar-refractivity contribution in [2.45, 2.75) is 65.8 Å². The molecule has 0 spiro atoms. The fourth-order valence-electron chi connectivity index (χ4n) is 3.81. The number of hydrogen-bond donors (Lipinski definition) is 2. The molecule has 5 nitrogen and oxygen atoms in total. The quantitative estimate of drug-likeness (QED) is 0.374. The first kappa shape index (κ1) is 20.5. The molecule has 2 saturated carbocycles. The lowest BCUT2D eigenvalue weighted by Gasteiger charge is -2.19. The van der Waals surface area contributed by atoms with Gasteiger partial charge in [0.15, 0.2) is 5.96 Å². The number of nitrogens with zero attached hydrogens (tertiary/aromatic N) is 3. The Bertz CT molecular complexity index is 614. The summed E-state index contributed by atoms with van der Waals surface area (Å²) < 4.78 is 1.98. The monoisotopic (exact) mass is 459 g/mol. The van der Waals surface area contributed by atoms with Gasteiger partial charge in [0.05, 0.1) is 5.69 Å². The first-order valence-electron chi connectivity index (χ1n) is 9.49. The molecule has 2 aliphatic carbocycles. The number of aromatic nitrogens is 2. The first-order valence-corrected chi connectivity index (χ1v) is 9.49. The van der Waals surface area contributed by atoms with E-state index in [1.807, 2.05) is 11.7 Å². The molecule has 1 aromatic rings. The van der Waals surface area contributed by atoms with Gasteiger partial charge in [-0.2, -0.15) is 5.10 Å². The maximum atomic E-state index is 4.91. The number of aryl methyl sites for hydroxylation is 2. The summed E-state index contributed by atoms with van der Waals surface area (Å²) in [4.78, 5) is 4.91. The number of guanidine groups is 1. The molecule has 0 aliphatic heterocycles. The molecule has 1 heterocycles. The zero-order valence-corrected chi connectivity index (χ0v) is 18.7. The van der Waals surface area contributed by atoms with Crippen LogP contribution < -0.4 is 10.6 Å². The normalized spacial score (nSPS) is 20.0. The largest absolute Gasteiger partial charge is 0.357 e. The summed E-state index contributed by atoms with van der Waals surface area (Å²) in [7, 11) is 2.02. The van der Waals surface area contributed by atoms with Gasteiger partial charge in [0.2, 0.25) is 0 Å². The zero-order chi connectivity index (χ0) is 17.3. The van der Waals surface area contributed by atoms with Crippen LogP contribution in [0.4, 0.5) is 0 Å². The Morgan fingerprint density at radius 3 is 2.52 bits per heavy atom. The standard InChI is InChI=1S/C19H33N5.HI/c1-6-20-18(21-12-19(9-10-19)16-7-8-16)22-13(2)11-17-14(3)23-24(5)15(17)4;/h13,16H,6-12H2,1-5H3,(H2,20,21,22);1H. The Labute approximate surface area is 169 Å². The summed E-state index contributed by atoms with van der Waals surface area (Å²) in [6.45, 7) is 10.5. The van der Waals surface area contributed by atoms with Crippen molar-refractivity contribution < 1.29 is 0 Å². The molecule has 0 bridgehead atoms. The van der Waals surface area contributed by atoms with Gasteiger partial charge in [-0.15, -0.1) is 24.0 Å². The van der Waals surface area contributed by atoms with E-state index < -0.39 is 0 Å². The fourth-order valence-corrected chi connectivity index (χ4v) is 3.81. The highest BCUT2D eigenvalue weighted by Crippen LogP contribution is 2.61. The van der Waals surface area contributed by atoms with E-state index in [0.717, 1.165) is 37.1 Å². The van der Waals surface area contributed by atoms with Gasteiger partial charge in [0.1, 0.15) is 0 Å². The van der Waals surface area contributed by atoms with E-state index >= 15 is 0 Å². The summed E-state index contributed by atoms with van der Waals surface area (Å²) in [6.07, 6.45) is 6.59. The number of aliphatic imine (C=N–C) groups is 1. The SMILES string of the molecule is CCNC(=NCC1(C2CC2)CC1)NC(C)Cc1c(C)nn(C)c1C.I. The predicted molar refractivity (Wildman–Crippen MR) is 115 cm³/mol. The number of halogens is 1. The van der Waals surface area contributed by atoms with Gasteiger partial charge in [-0.3, -0.25) is 9.67 Å². The van der Waals surface area contributed by atoms with Crippen molar-refractivity contribution in [1.29, 1.82) is 0 Å². The maximum Gasteiger partial charge on any atom is 0.191 e. The average molecular weight is 459 g/mol. The van der Waals surface area contributed by atoms with Gasteiger partial charge in [-0.05, 0) is 76.7 Å². The molecule has 0 saturated heterocycles. The maximum absolute atomic E-state index is 4.91. The second kappa shape index (κ2) is 8.27. The van der Waals surface area contributed by atoms with E-state index in [4.69, 9.17) is 4.99 Å². The van der Waals surface area contributed by atoms with Crippen LogP contribution in [-0.2, 0) is 13.5 Å². The minimum Gasteiger partial charge on any atom is -0.357 e. The van der Waals surface area contributed by atoms with Crippen LogP contribution >= 0.6 is 24.0 Å². The van der Waals surface area contributed by atoms with Crippen LogP contribution in [0.25, 0.3) is 0 Å². The third-order valence-electron chi connectivity index (χ3n) is 5.78. The van der Waals surface area contributed by atoms with Crippen molar-refractivity contribution in [3.05, 3.63) is 17.0 Å². The topological polar surface area (TPSA) is 54.2 Å². The van der Waals surface area contributed by atoms with E-state index in [2.05, 4.69) is 43.4 Å². The summed E-state index contributed by atoms with van der Waals surface area (Å²) in [6, 6.07) is 0.334. The van der Waals surface area contributed by atoms with E-state index in [0.29, 0.717) is 11.5 Å². The molecular weight excluding hydrogens is 425 g/mol. The highest BCUT2D eigenvalue weighted by atomic mass is 127. The highest BCUT2D eigenvalue weighted by molar-refractivity contribution is 14.0. The lowest BCUT2D eigenvalue weighted by Crippen LogP contribution is -2.43. The van der Waals surface area contributed by atoms with E-state index in [-0.39, 0.29) is 24.0 Å². The van der Waals surface area contributed by atoms with Crippen LogP contribution in [0.15, 0.2) is 4.99 Å². The molecule has 3 rings (SSSR count). The molecule has 0 aromatic carbocycles. The number of nitrogens with one attached hydrogen (secondary N) is 2. The minimum atomic E-state index is 0. The van der Waals surface area contributed by atoms with Gasteiger partial charge in [-0.1, -0.05) is 0 Å². The molecule has 6 heteroatoms. The van der Waals surface area contributed by atoms with Crippen molar-refractivity contribution in [3.63, 3.8) is 0 Å². The van der Waals surface area contributed by atoms with Crippen molar-refractivity contribution in [1.82, 2.24) is 20.4 Å². The summed E-state index contributed by atoms with van der Waals surface area (Å²) in [5.41, 5.74) is 4.30. The average Bonchev–Trinajstić information content (AvgIpc) is 3.42. The molecule has 1 aromatic heterocycles. The van der Waals surface area contributed by atoms with Crippen LogP contribution in [0.3, 0.4) is 0 Å². The van der Waals surface area contributed by atoms with E-state index in [1.165, 1.54) is 36.9 Å². The molecule has 2 fully saturated rings. The highest BCUT2D eigenvalue weighted by Gasteiger charge is 2.53. The molecule has 1 atom stereocenters. The minimum absolute atomic E-state index is 0. The number of rotatable bonds is 7. The Morgan fingerprint density at radius 2 is 2.04 bits per heavy atom. The molecular formula is C19H34IN5. The van der Waals surface area contributed by atoms with Crippen molar-refractivity contribution in [2.75, 3.05) is 13.1 Å². The third-order valence-corrected chi connectivity index (χ3v) is 5.78. The Hall–Kier alpha value is -0.790. The predicted octanol–water partition coefficient (Wildman–Crippen LogP) is 3.33. The molecule has 25 heavy (non-hydrogen) atoms. The zero-order valence-electron chi connectivity index (χ0n) is 16.4. The Balaban J connectivity index is 0.00000225. The Morgan fingerprint density at radius 1 is 1.36 bits per heavy atom. The van der Waals surface area contributed by atoms with Gasteiger partial charge >= 0.3 is 0 Å². The van der Waals surface area contributed by atoms with Crippen molar-refractivity contribution >= 4 is 29.9 Å². The van der Waals surface area contributed by atoms with E-state index in [1.54, 1.807) is 0 Å². The molecule has 1 unspecified atom stereocenters. The van der Waals surface area contributed by atoms with Gasteiger partial charge in [0.25, 0.3) is 0 Å². The molecule has 0 amide bonds. The molecule has 0 radical (unpaired) electrons. The van der Waals surface area contributed by atoms with Crippen molar-refractivity contribution in [2.24, 2.45) is 23.4 Å². The van der Waals surface area contributed by atoms with Crippen LogP contribution in [0.1, 0.15) is 56.5 Å². The first-order chi connectivity index (χ1) is 11.4. The summed E-state index contributed by atoms with van der Waals surface area (Å²) in [5, 5.41) is 11.5. The van der Waals surface area contributed by atoms with Crippen LogP contribution in [0, 0.1) is 25.2 Å². The van der Waals surface area contributed by atoms with Crippen LogP contribution in [0.2, 0.25) is 0 Å². The second-order valence-corrected chi connectivity index (χ2v) is 7.85. The number of hydrogen-bond acceptors (Lipinski definition) is 2. The Kier molecular flexibility index (Phi) is 6.79. The van der Waals surface area contributed by atoms with Crippen molar-refractivity contribution in [3.8, 4) is 0 Å². The van der Waals surface area contributed by atoms with Crippen LogP contribution in [0.5, 0.6) is 0 Å². The van der Waals surface area contributed by atoms with Gasteiger partial charge < -0.3 is 10.6 Å². The third kappa shape index (κ3) is 4.89. The summed E-state index contributed by atoms with van der Waals surface area (Å²) >= 11 is 0. The fraction of sp³-hybridized carbons (Fsp3) is 0.789. The second-order valence-electron chi connectivity index (χ2n) is 7.85. The van der Waals surface area contributed by atoms with E-state index in [9.17, 15) is 0 Å². The smallest absolute Gasteiger partial charge is 0.191 e.